The lowest BCUT2D eigenvalue weighted by atomic mass is 10.1. The Morgan fingerprint density at radius 1 is 1.09 bits per heavy atom. The number of H-pyrrole nitrogens is 1. The molecule has 0 unspecified atom stereocenters. The van der Waals surface area contributed by atoms with Crippen LogP contribution in [0.5, 0.6) is 5.75 Å². The Kier molecular flexibility index (Phi) is 3.87. The molecule has 0 saturated heterocycles. The van der Waals surface area contributed by atoms with Crippen LogP contribution in [0.4, 0.5) is 0 Å². The third-order valence-electron chi connectivity index (χ3n) is 3.51. The van der Waals surface area contributed by atoms with Gasteiger partial charge in [0.2, 0.25) is 10.0 Å². The maximum Gasteiger partial charge on any atom is 0.240 e. The van der Waals surface area contributed by atoms with E-state index in [9.17, 15) is 8.42 Å². The molecular weight excluding hydrogens is 300 g/mol. The van der Waals surface area contributed by atoms with Crippen LogP contribution in [-0.4, -0.2) is 20.5 Å². The van der Waals surface area contributed by atoms with E-state index in [1.54, 1.807) is 19.2 Å². The Morgan fingerprint density at radius 2 is 1.86 bits per heavy atom. The zero-order valence-electron chi connectivity index (χ0n) is 12.0. The number of rotatable bonds is 5. The van der Waals surface area contributed by atoms with E-state index < -0.39 is 10.0 Å². The van der Waals surface area contributed by atoms with Crippen molar-refractivity contribution in [2.45, 2.75) is 11.4 Å². The van der Waals surface area contributed by atoms with E-state index in [1.807, 2.05) is 30.5 Å². The topological polar surface area (TPSA) is 71.2 Å². The third kappa shape index (κ3) is 2.84. The van der Waals surface area contributed by atoms with Crippen LogP contribution in [0.1, 0.15) is 5.56 Å². The summed E-state index contributed by atoms with van der Waals surface area (Å²) in [4.78, 5) is 3.33. The van der Waals surface area contributed by atoms with Gasteiger partial charge in [-0.1, -0.05) is 12.1 Å². The second-order valence-corrected chi connectivity index (χ2v) is 6.62. The molecule has 2 N–H and O–H groups in total. The first kappa shape index (κ1) is 14.6. The number of hydrogen-bond acceptors (Lipinski definition) is 3. The van der Waals surface area contributed by atoms with Crippen molar-refractivity contribution in [1.82, 2.24) is 9.71 Å². The van der Waals surface area contributed by atoms with Gasteiger partial charge in [0.05, 0.1) is 12.0 Å². The molecule has 22 heavy (non-hydrogen) atoms. The van der Waals surface area contributed by atoms with Gasteiger partial charge in [-0.15, -0.1) is 0 Å². The van der Waals surface area contributed by atoms with Gasteiger partial charge in [0.25, 0.3) is 0 Å². The van der Waals surface area contributed by atoms with Gasteiger partial charge in [-0.3, -0.25) is 0 Å². The largest absolute Gasteiger partial charge is 0.497 e. The summed E-state index contributed by atoms with van der Waals surface area (Å²) in [5.41, 5.74) is 1.91. The number of methoxy groups -OCH3 is 1. The normalized spacial score (nSPS) is 11.7. The number of fused-ring (bicyclic) bond motifs is 1. The highest BCUT2D eigenvalue weighted by molar-refractivity contribution is 7.89. The Balaban J connectivity index is 1.81. The van der Waals surface area contributed by atoms with E-state index in [2.05, 4.69) is 9.71 Å². The van der Waals surface area contributed by atoms with Gasteiger partial charge >= 0.3 is 0 Å². The molecule has 3 aromatic rings. The number of benzene rings is 2. The summed E-state index contributed by atoms with van der Waals surface area (Å²) in [6, 6.07) is 14.0. The zero-order valence-corrected chi connectivity index (χ0v) is 12.9. The second kappa shape index (κ2) is 5.82. The van der Waals surface area contributed by atoms with Gasteiger partial charge in [0, 0.05) is 23.6 Å². The molecule has 1 heterocycles. The van der Waals surface area contributed by atoms with Crippen LogP contribution in [0.2, 0.25) is 0 Å². The first-order valence-corrected chi connectivity index (χ1v) is 8.27. The Bertz CT molecular complexity index is 883. The van der Waals surface area contributed by atoms with Gasteiger partial charge in [0.15, 0.2) is 0 Å². The monoisotopic (exact) mass is 316 g/mol. The molecule has 0 saturated carbocycles. The number of sulfonamides is 1. The molecule has 0 bridgehead atoms. The minimum Gasteiger partial charge on any atom is -0.497 e. The maximum absolute atomic E-state index is 12.3. The van der Waals surface area contributed by atoms with Crippen molar-refractivity contribution in [3.8, 4) is 5.75 Å². The maximum atomic E-state index is 12.3. The lowest BCUT2D eigenvalue weighted by Crippen LogP contribution is -2.23. The fourth-order valence-corrected chi connectivity index (χ4v) is 3.32. The van der Waals surface area contributed by atoms with E-state index in [0.717, 1.165) is 16.5 Å². The van der Waals surface area contributed by atoms with E-state index >= 15 is 0 Å². The Hall–Kier alpha value is -2.31. The molecule has 2 aromatic carbocycles. The summed E-state index contributed by atoms with van der Waals surface area (Å²) in [6.07, 6.45) is 1.84. The lowest BCUT2D eigenvalue weighted by Gasteiger charge is -2.08. The quantitative estimate of drug-likeness (QED) is 0.760. The zero-order chi connectivity index (χ0) is 15.6. The fourth-order valence-electron chi connectivity index (χ4n) is 2.32. The molecule has 6 heteroatoms. The number of aromatic amines is 1. The molecule has 0 amide bonds. The molecule has 0 spiro atoms. The summed E-state index contributed by atoms with van der Waals surface area (Å²) >= 11 is 0. The highest BCUT2D eigenvalue weighted by Gasteiger charge is 2.14. The standard InChI is InChI=1S/C16H16N2O3S/c1-21-13-5-7-14(8-6-13)22(19,20)18-11-12-3-2-4-16-15(12)9-10-17-16/h2-10,17-18H,11H2,1H3. The van der Waals surface area contributed by atoms with Gasteiger partial charge in [0.1, 0.15) is 5.75 Å². The Morgan fingerprint density at radius 3 is 2.59 bits per heavy atom. The molecule has 5 nitrogen and oxygen atoms in total. The molecule has 3 rings (SSSR count). The van der Waals surface area contributed by atoms with E-state index in [4.69, 9.17) is 4.74 Å². The number of nitrogens with one attached hydrogen (secondary N) is 2. The van der Waals surface area contributed by atoms with Crippen molar-refractivity contribution in [2.24, 2.45) is 0 Å². The Labute approximate surface area is 129 Å². The third-order valence-corrected chi connectivity index (χ3v) is 4.92. The summed E-state index contributed by atoms with van der Waals surface area (Å²) in [7, 11) is -2.01. The van der Waals surface area contributed by atoms with Gasteiger partial charge in [-0.05, 0) is 42.0 Å². The molecular formula is C16H16N2O3S. The molecule has 0 aliphatic carbocycles. The number of hydrogen-bond donors (Lipinski definition) is 2. The van der Waals surface area contributed by atoms with Crippen LogP contribution in [0.3, 0.4) is 0 Å². The average molecular weight is 316 g/mol. The highest BCUT2D eigenvalue weighted by atomic mass is 32.2. The van der Waals surface area contributed by atoms with Crippen molar-refractivity contribution in [3.63, 3.8) is 0 Å². The molecule has 114 valence electrons. The molecule has 0 aliphatic heterocycles. The van der Waals surface area contributed by atoms with Gasteiger partial charge in [-0.2, -0.15) is 0 Å². The molecule has 0 fully saturated rings. The summed E-state index contributed by atoms with van der Waals surface area (Å²) in [5, 5.41) is 1.01. The van der Waals surface area contributed by atoms with Crippen LogP contribution < -0.4 is 9.46 Å². The van der Waals surface area contributed by atoms with E-state index in [0.29, 0.717) is 5.75 Å². The first-order valence-electron chi connectivity index (χ1n) is 6.79. The van der Waals surface area contributed by atoms with Crippen LogP contribution in [0.25, 0.3) is 10.9 Å². The smallest absolute Gasteiger partial charge is 0.240 e. The number of aromatic nitrogens is 1. The van der Waals surface area contributed by atoms with E-state index in [-0.39, 0.29) is 11.4 Å². The minimum atomic E-state index is -3.55. The van der Waals surface area contributed by atoms with Crippen molar-refractivity contribution < 1.29 is 13.2 Å². The predicted molar refractivity (Wildman–Crippen MR) is 85.3 cm³/mol. The average Bonchev–Trinajstić information content (AvgIpc) is 3.02. The molecule has 0 aliphatic rings. The predicted octanol–water partition coefficient (Wildman–Crippen LogP) is 2.66. The summed E-state index contributed by atoms with van der Waals surface area (Å²) in [5.74, 6) is 0.621. The van der Waals surface area contributed by atoms with Crippen LogP contribution in [-0.2, 0) is 16.6 Å². The lowest BCUT2D eigenvalue weighted by molar-refractivity contribution is 0.414. The summed E-state index contributed by atoms with van der Waals surface area (Å²) < 4.78 is 32.3. The van der Waals surface area contributed by atoms with Crippen molar-refractivity contribution in [2.75, 3.05) is 7.11 Å². The second-order valence-electron chi connectivity index (χ2n) is 4.86. The van der Waals surface area contributed by atoms with Crippen LogP contribution >= 0.6 is 0 Å². The SMILES string of the molecule is COc1ccc(S(=O)(=O)NCc2cccc3[nH]ccc23)cc1. The van der Waals surface area contributed by atoms with Crippen LogP contribution in [0.15, 0.2) is 59.6 Å². The number of ether oxygens (including phenoxy) is 1. The highest BCUT2D eigenvalue weighted by Crippen LogP contribution is 2.19. The van der Waals surface area contributed by atoms with Crippen molar-refractivity contribution in [1.29, 1.82) is 0 Å². The molecule has 1 aromatic heterocycles. The van der Waals surface area contributed by atoms with Crippen LogP contribution in [0, 0.1) is 0 Å². The van der Waals surface area contributed by atoms with Crippen molar-refractivity contribution >= 4 is 20.9 Å². The minimum absolute atomic E-state index is 0.217. The van der Waals surface area contributed by atoms with E-state index in [1.165, 1.54) is 12.1 Å². The molecule has 0 radical (unpaired) electrons. The van der Waals surface area contributed by atoms with Crippen molar-refractivity contribution in [3.05, 3.63) is 60.3 Å². The fraction of sp³-hybridized carbons (Fsp3) is 0.125. The van der Waals surface area contributed by atoms with Gasteiger partial charge in [-0.25, -0.2) is 13.1 Å². The first-order chi connectivity index (χ1) is 10.6. The molecule has 0 atom stereocenters. The van der Waals surface area contributed by atoms with Gasteiger partial charge < -0.3 is 9.72 Å². The summed E-state index contributed by atoms with van der Waals surface area (Å²) in [6.45, 7) is 0.240.